The van der Waals surface area contributed by atoms with Gasteiger partial charge in [-0.1, -0.05) is 6.07 Å². The average Bonchev–Trinajstić information content (AvgIpc) is 2.28. The van der Waals surface area contributed by atoms with Crippen LogP contribution in [-0.2, 0) is 11.2 Å². The van der Waals surface area contributed by atoms with Crippen molar-refractivity contribution in [1.82, 2.24) is 0 Å². The molecule has 0 unspecified atom stereocenters. The monoisotopic (exact) mass is 282 g/mol. The van der Waals surface area contributed by atoms with E-state index in [1.54, 1.807) is 26.8 Å². The molecule has 1 aromatic carbocycles. The van der Waals surface area contributed by atoms with Crippen LogP contribution in [0.4, 0.5) is 16.2 Å². The molecule has 0 atom stereocenters. The predicted octanol–water partition coefficient (Wildman–Crippen LogP) is 2.48. The van der Waals surface area contributed by atoms with Crippen LogP contribution in [0.5, 0.6) is 0 Å². The lowest BCUT2D eigenvalue weighted by Gasteiger charge is -2.19. The van der Waals surface area contributed by atoms with E-state index in [0.29, 0.717) is 12.0 Å². The maximum absolute atomic E-state index is 11.6. The molecule has 0 spiro atoms. The van der Waals surface area contributed by atoms with Gasteiger partial charge in [-0.05, 0) is 38.8 Å². The molecule has 0 saturated heterocycles. The quantitative estimate of drug-likeness (QED) is 0.652. The number of hydrogen-bond acceptors (Lipinski definition) is 5. The van der Waals surface area contributed by atoms with Crippen LogP contribution in [0.25, 0.3) is 0 Å². The fourth-order valence-electron chi connectivity index (χ4n) is 1.53. The van der Waals surface area contributed by atoms with Crippen molar-refractivity contribution in [2.24, 2.45) is 0 Å². The van der Waals surface area contributed by atoms with Gasteiger partial charge in [0.05, 0.1) is 4.92 Å². The number of nitro benzene ring substituents is 1. The number of carbonyl (C=O) groups excluding carboxylic acids is 1. The zero-order chi connectivity index (χ0) is 15.3. The minimum Gasteiger partial charge on any atom is -0.444 e. The molecule has 0 saturated carbocycles. The Morgan fingerprint density at radius 3 is 2.60 bits per heavy atom. The van der Waals surface area contributed by atoms with Crippen LogP contribution in [0.3, 0.4) is 0 Å². The molecule has 0 heterocycles. The number of rotatable bonds is 4. The van der Waals surface area contributed by atoms with E-state index in [-0.39, 0.29) is 18.0 Å². The average molecular weight is 282 g/mol. The molecular formula is C13H18N2O5. The summed E-state index contributed by atoms with van der Waals surface area (Å²) in [5.74, 6) is 0. The molecule has 0 fully saturated rings. The minimum absolute atomic E-state index is 0.0611. The lowest BCUT2D eigenvalue weighted by molar-refractivity contribution is -0.384. The summed E-state index contributed by atoms with van der Waals surface area (Å²) in [5.41, 5.74) is -0.239. The first-order chi connectivity index (χ1) is 9.23. The Bertz CT molecular complexity index is 508. The normalized spacial score (nSPS) is 11.0. The number of aliphatic hydroxyl groups is 1. The number of amides is 1. The van der Waals surface area contributed by atoms with Gasteiger partial charge in [0.15, 0.2) is 0 Å². The third kappa shape index (κ3) is 4.85. The zero-order valence-corrected chi connectivity index (χ0v) is 11.7. The van der Waals surface area contributed by atoms with Crippen molar-refractivity contribution in [1.29, 1.82) is 0 Å². The molecule has 0 aromatic heterocycles. The van der Waals surface area contributed by atoms with Crippen LogP contribution >= 0.6 is 0 Å². The van der Waals surface area contributed by atoms with Crippen LogP contribution in [0.15, 0.2) is 18.2 Å². The van der Waals surface area contributed by atoms with Gasteiger partial charge in [-0.15, -0.1) is 0 Å². The molecule has 7 heteroatoms. The highest BCUT2D eigenvalue weighted by Crippen LogP contribution is 2.26. The van der Waals surface area contributed by atoms with E-state index in [9.17, 15) is 14.9 Å². The van der Waals surface area contributed by atoms with Crippen molar-refractivity contribution < 1.29 is 19.6 Å². The summed E-state index contributed by atoms with van der Waals surface area (Å²) < 4.78 is 5.04. The molecule has 2 N–H and O–H groups in total. The maximum Gasteiger partial charge on any atom is 0.412 e. The Labute approximate surface area is 116 Å². The first-order valence-corrected chi connectivity index (χ1v) is 6.11. The van der Waals surface area contributed by atoms with Crippen LogP contribution in [0.1, 0.15) is 26.3 Å². The summed E-state index contributed by atoms with van der Waals surface area (Å²) in [6.07, 6.45) is -0.441. The number of benzene rings is 1. The molecule has 0 aliphatic carbocycles. The Morgan fingerprint density at radius 1 is 1.45 bits per heavy atom. The van der Waals surface area contributed by atoms with Crippen molar-refractivity contribution in [3.05, 3.63) is 33.9 Å². The van der Waals surface area contributed by atoms with Crippen molar-refractivity contribution in [3.8, 4) is 0 Å². The van der Waals surface area contributed by atoms with Gasteiger partial charge in [-0.3, -0.25) is 15.4 Å². The highest BCUT2D eigenvalue weighted by Gasteiger charge is 2.20. The lowest BCUT2D eigenvalue weighted by Crippen LogP contribution is -2.27. The summed E-state index contributed by atoms with van der Waals surface area (Å²) in [5, 5.41) is 22.2. The summed E-state index contributed by atoms with van der Waals surface area (Å²) in [6.45, 7) is 5.00. The second-order valence-corrected chi connectivity index (χ2v) is 5.21. The van der Waals surface area contributed by atoms with Crippen LogP contribution < -0.4 is 5.32 Å². The van der Waals surface area contributed by atoms with E-state index in [1.165, 1.54) is 12.1 Å². The molecule has 1 aromatic rings. The van der Waals surface area contributed by atoms with Crippen molar-refractivity contribution in [3.63, 3.8) is 0 Å². The second kappa shape index (κ2) is 6.33. The molecule has 0 aliphatic heterocycles. The summed E-state index contributed by atoms with van der Waals surface area (Å²) >= 11 is 0. The number of hydrogen-bond donors (Lipinski definition) is 2. The number of anilines is 1. The summed E-state index contributed by atoms with van der Waals surface area (Å²) in [6, 6.07) is 4.35. The Hall–Kier alpha value is -2.15. The van der Waals surface area contributed by atoms with E-state index in [0.717, 1.165) is 0 Å². The highest BCUT2D eigenvalue weighted by atomic mass is 16.6. The number of nitro groups is 1. The number of carbonyl (C=O) groups is 1. The number of ether oxygens (including phenoxy) is 1. The van der Waals surface area contributed by atoms with Gasteiger partial charge in [-0.25, -0.2) is 4.79 Å². The van der Waals surface area contributed by atoms with Gasteiger partial charge in [0.1, 0.15) is 11.3 Å². The van der Waals surface area contributed by atoms with Crippen LogP contribution in [0.2, 0.25) is 0 Å². The Balaban J connectivity index is 2.94. The highest BCUT2D eigenvalue weighted by molar-refractivity contribution is 5.88. The molecular weight excluding hydrogens is 264 g/mol. The molecule has 0 bridgehead atoms. The third-order valence-electron chi connectivity index (χ3n) is 2.29. The van der Waals surface area contributed by atoms with E-state index in [2.05, 4.69) is 5.32 Å². The molecule has 20 heavy (non-hydrogen) atoms. The van der Waals surface area contributed by atoms with Crippen molar-refractivity contribution in [2.45, 2.75) is 32.8 Å². The first kappa shape index (κ1) is 15.9. The fourth-order valence-corrected chi connectivity index (χ4v) is 1.53. The molecule has 0 aliphatic rings. The van der Waals surface area contributed by atoms with Gasteiger partial charge in [0, 0.05) is 12.7 Å². The molecule has 110 valence electrons. The van der Waals surface area contributed by atoms with Gasteiger partial charge in [-0.2, -0.15) is 0 Å². The van der Waals surface area contributed by atoms with E-state index in [4.69, 9.17) is 9.84 Å². The van der Waals surface area contributed by atoms with Crippen LogP contribution in [-0.4, -0.2) is 28.3 Å². The zero-order valence-electron chi connectivity index (χ0n) is 11.7. The number of nitrogens with zero attached hydrogens (tertiary/aromatic N) is 1. The minimum atomic E-state index is -0.754. The molecule has 7 nitrogen and oxygen atoms in total. The van der Waals surface area contributed by atoms with Gasteiger partial charge in [0.2, 0.25) is 0 Å². The molecule has 0 radical (unpaired) electrons. The Kier molecular flexibility index (Phi) is 5.04. The number of nitrogens with one attached hydrogen (secondary N) is 1. The van der Waals surface area contributed by atoms with E-state index in [1.807, 2.05) is 0 Å². The fraction of sp³-hybridized carbons (Fsp3) is 0.462. The first-order valence-electron chi connectivity index (χ1n) is 6.11. The SMILES string of the molecule is CC(C)(C)OC(=O)Nc1ccc(CCO)cc1[N+](=O)[O-]. The van der Waals surface area contributed by atoms with Gasteiger partial charge < -0.3 is 9.84 Å². The van der Waals surface area contributed by atoms with Gasteiger partial charge in [0.25, 0.3) is 5.69 Å². The Morgan fingerprint density at radius 2 is 2.10 bits per heavy atom. The lowest BCUT2D eigenvalue weighted by atomic mass is 10.1. The second-order valence-electron chi connectivity index (χ2n) is 5.21. The maximum atomic E-state index is 11.6. The van der Waals surface area contributed by atoms with Crippen LogP contribution in [0, 0.1) is 10.1 Å². The predicted molar refractivity (Wildman–Crippen MR) is 73.7 cm³/mol. The molecule has 1 rings (SSSR count). The standard InChI is InChI=1S/C13H18N2O5/c1-13(2,3)20-12(17)14-10-5-4-9(6-7-16)8-11(10)15(18)19/h4-5,8,16H,6-7H2,1-3H3,(H,14,17). The smallest absolute Gasteiger partial charge is 0.412 e. The summed E-state index contributed by atoms with van der Waals surface area (Å²) in [7, 11) is 0. The molecule has 1 amide bonds. The number of aliphatic hydroxyl groups excluding tert-OH is 1. The van der Waals surface area contributed by atoms with Gasteiger partial charge >= 0.3 is 6.09 Å². The van der Waals surface area contributed by atoms with E-state index < -0.39 is 16.6 Å². The van der Waals surface area contributed by atoms with Crippen molar-refractivity contribution >= 4 is 17.5 Å². The van der Waals surface area contributed by atoms with E-state index >= 15 is 0 Å². The topological polar surface area (TPSA) is 102 Å². The largest absolute Gasteiger partial charge is 0.444 e. The third-order valence-corrected chi connectivity index (χ3v) is 2.29. The summed E-state index contributed by atoms with van der Waals surface area (Å²) in [4.78, 5) is 22.0. The van der Waals surface area contributed by atoms with Crippen molar-refractivity contribution in [2.75, 3.05) is 11.9 Å².